The highest BCUT2D eigenvalue weighted by Gasteiger charge is 2.34. The molecule has 39 heavy (non-hydrogen) atoms. The first-order valence-corrected chi connectivity index (χ1v) is 14.0. The molecule has 0 bridgehead atoms. The Morgan fingerprint density at radius 2 is 1.92 bits per heavy atom. The summed E-state index contributed by atoms with van der Waals surface area (Å²) in [4.78, 5) is 36.6. The molecule has 2 aromatic carbocycles. The molecule has 8 nitrogen and oxygen atoms in total. The number of carbonyl (C=O) groups excluding carboxylic acids is 2. The summed E-state index contributed by atoms with van der Waals surface area (Å²) in [5.41, 5.74) is 2.87. The van der Waals surface area contributed by atoms with Crippen LogP contribution in [0.2, 0.25) is 0 Å². The number of hydrogen-bond donors (Lipinski definition) is 2. The highest BCUT2D eigenvalue weighted by molar-refractivity contribution is 7.21. The van der Waals surface area contributed by atoms with Crippen molar-refractivity contribution in [1.29, 1.82) is 0 Å². The summed E-state index contributed by atoms with van der Waals surface area (Å²) >= 11 is 1.32. The fourth-order valence-corrected chi connectivity index (χ4v) is 6.59. The zero-order valence-corrected chi connectivity index (χ0v) is 23.0. The first-order valence-electron chi connectivity index (χ1n) is 13.2. The van der Waals surface area contributed by atoms with Crippen molar-refractivity contribution in [3.8, 4) is 11.5 Å². The number of aromatic nitrogens is 1. The third-order valence-electron chi connectivity index (χ3n) is 7.55. The molecule has 1 saturated carbocycles. The SMILES string of the molecule is Cc1cc(Oc2ccccc2)ccc1N1C(=O)Nc2c(C(=O)N[C@@H]3CCC[C@H](N(C)C)C3)sc3nccc1c23. The molecule has 0 radical (unpaired) electrons. The molecule has 3 heterocycles. The number of hydrogen-bond acceptors (Lipinski definition) is 6. The lowest BCUT2D eigenvalue weighted by Gasteiger charge is -2.33. The zero-order valence-electron chi connectivity index (χ0n) is 22.2. The molecule has 0 unspecified atom stereocenters. The Labute approximate surface area is 231 Å². The van der Waals surface area contributed by atoms with Gasteiger partial charge in [0.1, 0.15) is 21.2 Å². The van der Waals surface area contributed by atoms with Crippen LogP contribution in [0.15, 0.2) is 60.8 Å². The lowest BCUT2D eigenvalue weighted by Crippen LogP contribution is -2.43. The van der Waals surface area contributed by atoms with E-state index < -0.39 is 0 Å². The maximum atomic E-state index is 13.5. The minimum absolute atomic E-state index is 0.110. The van der Waals surface area contributed by atoms with E-state index in [0.717, 1.165) is 48.1 Å². The Morgan fingerprint density at radius 1 is 1.10 bits per heavy atom. The number of anilines is 3. The molecule has 3 amide bonds. The molecule has 1 aliphatic carbocycles. The van der Waals surface area contributed by atoms with Gasteiger partial charge in [0, 0.05) is 18.3 Å². The van der Waals surface area contributed by atoms with Gasteiger partial charge < -0.3 is 20.3 Å². The lowest BCUT2D eigenvalue weighted by atomic mass is 9.90. The van der Waals surface area contributed by atoms with E-state index in [1.54, 1.807) is 11.1 Å². The number of aryl methyl sites for hydroxylation is 1. The second-order valence-electron chi connectivity index (χ2n) is 10.4. The monoisotopic (exact) mass is 541 g/mol. The number of nitrogens with zero attached hydrogens (tertiary/aromatic N) is 3. The summed E-state index contributed by atoms with van der Waals surface area (Å²) in [6.45, 7) is 1.95. The number of nitrogens with one attached hydrogen (secondary N) is 2. The zero-order chi connectivity index (χ0) is 27.1. The van der Waals surface area contributed by atoms with E-state index >= 15 is 0 Å². The Hall–Kier alpha value is -3.95. The van der Waals surface area contributed by atoms with Crippen molar-refractivity contribution in [2.45, 2.75) is 44.7 Å². The average molecular weight is 542 g/mol. The van der Waals surface area contributed by atoms with E-state index in [9.17, 15) is 9.59 Å². The predicted molar refractivity (Wildman–Crippen MR) is 156 cm³/mol. The molecule has 2 atom stereocenters. The predicted octanol–water partition coefficient (Wildman–Crippen LogP) is 6.68. The number of benzene rings is 2. The lowest BCUT2D eigenvalue weighted by molar-refractivity contribution is 0.0916. The van der Waals surface area contributed by atoms with Crippen LogP contribution >= 0.6 is 11.3 Å². The number of amides is 3. The van der Waals surface area contributed by atoms with Crippen LogP contribution in [-0.2, 0) is 0 Å². The molecule has 1 fully saturated rings. The van der Waals surface area contributed by atoms with E-state index in [-0.39, 0.29) is 18.0 Å². The molecular weight excluding hydrogens is 510 g/mol. The van der Waals surface area contributed by atoms with Gasteiger partial charge in [0.15, 0.2) is 0 Å². The van der Waals surface area contributed by atoms with Gasteiger partial charge in [0.2, 0.25) is 0 Å². The molecular formula is C30H31N5O3S. The van der Waals surface area contributed by atoms with Crippen molar-refractivity contribution in [3.63, 3.8) is 0 Å². The third kappa shape index (κ3) is 4.84. The fourth-order valence-electron chi connectivity index (χ4n) is 5.57. The van der Waals surface area contributed by atoms with Crippen molar-refractivity contribution in [1.82, 2.24) is 15.2 Å². The van der Waals surface area contributed by atoms with Crippen molar-refractivity contribution in [3.05, 3.63) is 71.2 Å². The highest BCUT2D eigenvalue weighted by atomic mass is 32.1. The second kappa shape index (κ2) is 10.3. The van der Waals surface area contributed by atoms with E-state index in [4.69, 9.17) is 4.74 Å². The summed E-state index contributed by atoms with van der Waals surface area (Å²) in [6, 6.07) is 17.3. The number of ether oxygens (including phenoxy) is 1. The standard InChI is InChI=1S/C30H31N5O3S/c1-18-16-22(38-21-10-5-4-6-11-21)12-13-23(18)35-24-14-15-31-29-25(24)26(33-30(35)37)27(39-29)28(36)32-19-8-7-9-20(17-19)34(2)3/h4-6,10-16,19-20H,7-9,17H2,1-3H3,(H,32,36)(H,33,37)/t19-,20+/m1/s1. The van der Waals surface area contributed by atoms with Gasteiger partial charge in [0.25, 0.3) is 5.91 Å². The van der Waals surface area contributed by atoms with Crippen molar-refractivity contribution >= 4 is 50.6 Å². The molecule has 2 aliphatic rings. The van der Waals surface area contributed by atoms with Crippen molar-refractivity contribution in [2.75, 3.05) is 24.3 Å². The van der Waals surface area contributed by atoms with E-state index in [2.05, 4.69) is 34.6 Å². The van der Waals surface area contributed by atoms with Crippen LogP contribution in [0.25, 0.3) is 10.2 Å². The fraction of sp³-hybridized carbons (Fsp3) is 0.300. The molecule has 200 valence electrons. The number of rotatable bonds is 6. The van der Waals surface area contributed by atoms with Crippen LogP contribution in [0.1, 0.15) is 40.9 Å². The van der Waals surface area contributed by atoms with Crippen LogP contribution in [0.4, 0.5) is 21.9 Å². The van der Waals surface area contributed by atoms with Crippen molar-refractivity contribution in [2.24, 2.45) is 0 Å². The molecule has 2 aromatic heterocycles. The third-order valence-corrected chi connectivity index (χ3v) is 8.65. The molecule has 0 spiro atoms. The van der Waals surface area contributed by atoms with Gasteiger partial charge in [-0.2, -0.15) is 0 Å². The Balaban J connectivity index is 1.30. The van der Waals surface area contributed by atoms with Gasteiger partial charge in [-0.3, -0.25) is 9.69 Å². The van der Waals surface area contributed by atoms with E-state index in [1.807, 2.05) is 61.5 Å². The van der Waals surface area contributed by atoms with E-state index in [0.29, 0.717) is 32.9 Å². The molecule has 9 heteroatoms. The first-order chi connectivity index (χ1) is 18.9. The van der Waals surface area contributed by atoms with Crippen LogP contribution < -0.4 is 20.3 Å². The molecule has 6 rings (SSSR count). The average Bonchev–Trinajstić information content (AvgIpc) is 3.30. The number of carbonyl (C=O) groups is 2. The number of para-hydroxylation sites is 1. The quantitative estimate of drug-likeness (QED) is 0.284. The first kappa shape index (κ1) is 25.3. The van der Waals surface area contributed by atoms with Gasteiger partial charge in [-0.15, -0.1) is 11.3 Å². The molecule has 1 aliphatic heterocycles. The van der Waals surface area contributed by atoms with Crippen LogP contribution in [0, 0.1) is 6.92 Å². The minimum atomic E-state index is -0.312. The van der Waals surface area contributed by atoms with E-state index in [1.165, 1.54) is 11.3 Å². The van der Waals surface area contributed by atoms with Crippen molar-refractivity contribution < 1.29 is 14.3 Å². The van der Waals surface area contributed by atoms with Gasteiger partial charge in [-0.1, -0.05) is 18.2 Å². The number of thiophene rings is 1. The van der Waals surface area contributed by atoms with Gasteiger partial charge in [-0.05, 0) is 88.7 Å². The van der Waals surface area contributed by atoms with Crippen LogP contribution in [0.5, 0.6) is 11.5 Å². The second-order valence-corrected chi connectivity index (χ2v) is 11.4. The number of urea groups is 1. The minimum Gasteiger partial charge on any atom is -0.457 e. The number of pyridine rings is 1. The summed E-state index contributed by atoms with van der Waals surface area (Å²) in [7, 11) is 4.18. The Bertz CT molecular complexity index is 1550. The normalized spacial score (nSPS) is 18.8. The maximum Gasteiger partial charge on any atom is 0.331 e. The summed E-state index contributed by atoms with van der Waals surface area (Å²) in [5.74, 6) is 1.28. The van der Waals surface area contributed by atoms with Crippen LogP contribution in [-0.4, -0.2) is 48.0 Å². The summed E-state index contributed by atoms with van der Waals surface area (Å²) < 4.78 is 5.98. The summed E-state index contributed by atoms with van der Waals surface area (Å²) in [5, 5.41) is 7.02. The molecule has 0 saturated heterocycles. The van der Waals surface area contributed by atoms with Gasteiger partial charge in [-0.25, -0.2) is 9.78 Å². The Morgan fingerprint density at radius 3 is 2.69 bits per heavy atom. The molecule has 4 aromatic rings. The molecule has 2 N–H and O–H groups in total. The van der Waals surface area contributed by atoms with Gasteiger partial charge >= 0.3 is 6.03 Å². The summed E-state index contributed by atoms with van der Waals surface area (Å²) in [6.07, 6.45) is 5.80. The maximum absolute atomic E-state index is 13.5. The largest absolute Gasteiger partial charge is 0.457 e. The highest BCUT2D eigenvalue weighted by Crippen LogP contribution is 2.46. The smallest absolute Gasteiger partial charge is 0.331 e. The van der Waals surface area contributed by atoms with Crippen LogP contribution in [0.3, 0.4) is 0 Å². The van der Waals surface area contributed by atoms with Gasteiger partial charge in [0.05, 0.1) is 22.4 Å². The topological polar surface area (TPSA) is 86.8 Å². The Kier molecular flexibility index (Phi) is 6.70.